The quantitative estimate of drug-likeness (QED) is 0.676. The molecule has 0 aromatic heterocycles. The zero-order valence-electron chi connectivity index (χ0n) is 12.1. The number of esters is 2. The topological polar surface area (TPSA) is 72.8 Å². The summed E-state index contributed by atoms with van der Waals surface area (Å²) in [5.41, 5.74) is 0.797. The van der Waals surface area contributed by atoms with Crippen molar-refractivity contribution < 1.29 is 24.2 Å². The molecule has 22 heavy (non-hydrogen) atoms. The van der Waals surface area contributed by atoms with Crippen LogP contribution in [0.4, 0.5) is 0 Å². The van der Waals surface area contributed by atoms with E-state index in [-0.39, 0.29) is 5.56 Å². The maximum Gasteiger partial charge on any atom is 0.345 e. The summed E-state index contributed by atoms with van der Waals surface area (Å²) < 4.78 is 9.87. The van der Waals surface area contributed by atoms with Gasteiger partial charge in [-0.25, -0.2) is 4.79 Å². The van der Waals surface area contributed by atoms with E-state index in [0.29, 0.717) is 11.3 Å². The summed E-state index contributed by atoms with van der Waals surface area (Å²) in [6.45, 7) is -0.436. The van der Waals surface area contributed by atoms with E-state index >= 15 is 0 Å². The first-order valence-corrected chi connectivity index (χ1v) is 6.71. The Labute approximate surface area is 128 Å². The second kappa shape index (κ2) is 7.38. The van der Waals surface area contributed by atoms with Gasteiger partial charge in [0, 0.05) is 0 Å². The zero-order chi connectivity index (χ0) is 15.9. The van der Waals surface area contributed by atoms with Gasteiger partial charge >= 0.3 is 11.9 Å². The maximum absolute atomic E-state index is 12.1. The molecule has 1 atom stereocenters. The highest BCUT2D eigenvalue weighted by Gasteiger charge is 2.24. The second-order valence-electron chi connectivity index (χ2n) is 4.59. The molecule has 1 N–H and O–H groups in total. The highest BCUT2D eigenvalue weighted by molar-refractivity contribution is 5.98. The lowest BCUT2D eigenvalue weighted by molar-refractivity contribution is -0.140. The van der Waals surface area contributed by atoms with Gasteiger partial charge in [0.25, 0.3) is 0 Å². The highest BCUT2D eigenvalue weighted by atomic mass is 16.6. The van der Waals surface area contributed by atoms with Gasteiger partial charge < -0.3 is 14.6 Å². The Kier molecular flexibility index (Phi) is 5.27. The standard InChI is InChI=1S/C17H16O5/c1-21-14-9-5-8-13(10-14)16(19)22-17(20)15(11-18)12-6-3-2-4-7-12/h2-10,15,18H,11H2,1H3. The Hall–Kier alpha value is -2.66. The largest absolute Gasteiger partial charge is 0.497 e. The number of aliphatic hydroxyl groups excluding tert-OH is 1. The van der Waals surface area contributed by atoms with Crippen LogP contribution in [0.25, 0.3) is 0 Å². The van der Waals surface area contributed by atoms with E-state index in [1.807, 2.05) is 0 Å². The van der Waals surface area contributed by atoms with Crippen LogP contribution in [0.15, 0.2) is 54.6 Å². The van der Waals surface area contributed by atoms with E-state index in [9.17, 15) is 14.7 Å². The SMILES string of the molecule is COc1cccc(C(=O)OC(=O)C(CO)c2ccccc2)c1. The Morgan fingerprint density at radius 2 is 1.82 bits per heavy atom. The third-order valence-corrected chi connectivity index (χ3v) is 3.17. The smallest absolute Gasteiger partial charge is 0.345 e. The fourth-order valence-electron chi connectivity index (χ4n) is 1.97. The number of ether oxygens (including phenoxy) is 2. The van der Waals surface area contributed by atoms with Crippen LogP contribution in [-0.4, -0.2) is 30.8 Å². The van der Waals surface area contributed by atoms with E-state index in [1.165, 1.54) is 19.2 Å². The van der Waals surface area contributed by atoms with Crippen molar-refractivity contribution in [2.45, 2.75) is 5.92 Å². The van der Waals surface area contributed by atoms with E-state index in [4.69, 9.17) is 9.47 Å². The molecule has 0 aliphatic rings. The lowest BCUT2D eigenvalue weighted by Gasteiger charge is -2.13. The van der Waals surface area contributed by atoms with Gasteiger partial charge in [0.1, 0.15) is 11.7 Å². The van der Waals surface area contributed by atoms with Crippen LogP contribution in [0.3, 0.4) is 0 Å². The summed E-state index contributed by atoms with van der Waals surface area (Å²) in [6, 6.07) is 15.0. The Morgan fingerprint density at radius 3 is 2.45 bits per heavy atom. The molecule has 0 saturated heterocycles. The Balaban J connectivity index is 2.11. The van der Waals surface area contributed by atoms with Crippen molar-refractivity contribution in [1.29, 1.82) is 0 Å². The first-order valence-electron chi connectivity index (χ1n) is 6.71. The minimum absolute atomic E-state index is 0.206. The molecule has 2 rings (SSSR count). The minimum atomic E-state index is -0.893. The highest BCUT2D eigenvalue weighted by Crippen LogP contribution is 2.18. The number of carbonyl (C=O) groups is 2. The average Bonchev–Trinajstić information content (AvgIpc) is 2.56. The van der Waals surface area contributed by atoms with Crippen molar-refractivity contribution in [3.63, 3.8) is 0 Å². The molecule has 0 aliphatic carbocycles. The van der Waals surface area contributed by atoms with Gasteiger partial charge in [0.05, 0.1) is 19.3 Å². The molecule has 114 valence electrons. The van der Waals surface area contributed by atoms with Crippen molar-refractivity contribution in [1.82, 2.24) is 0 Å². The molecular weight excluding hydrogens is 284 g/mol. The number of hydrogen-bond acceptors (Lipinski definition) is 5. The van der Waals surface area contributed by atoms with Gasteiger partial charge in [-0.05, 0) is 23.8 Å². The van der Waals surface area contributed by atoms with E-state index in [1.54, 1.807) is 42.5 Å². The monoisotopic (exact) mass is 300 g/mol. The summed E-state index contributed by atoms with van der Waals surface area (Å²) in [5, 5.41) is 9.38. The van der Waals surface area contributed by atoms with Crippen LogP contribution in [-0.2, 0) is 9.53 Å². The lowest BCUT2D eigenvalue weighted by Crippen LogP contribution is -2.22. The molecule has 0 fully saturated rings. The number of rotatable bonds is 5. The average molecular weight is 300 g/mol. The van der Waals surface area contributed by atoms with Gasteiger partial charge in [0.2, 0.25) is 0 Å². The van der Waals surface area contributed by atoms with E-state index < -0.39 is 24.5 Å². The molecule has 5 heteroatoms. The van der Waals surface area contributed by atoms with Gasteiger partial charge in [0.15, 0.2) is 0 Å². The van der Waals surface area contributed by atoms with Crippen LogP contribution < -0.4 is 4.74 Å². The number of carbonyl (C=O) groups excluding carboxylic acids is 2. The molecule has 0 aliphatic heterocycles. The van der Waals surface area contributed by atoms with Crippen LogP contribution in [0.1, 0.15) is 21.8 Å². The van der Waals surface area contributed by atoms with Crippen molar-refractivity contribution in [2.75, 3.05) is 13.7 Å². The van der Waals surface area contributed by atoms with Crippen LogP contribution in [0, 0.1) is 0 Å². The molecule has 0 saturated carbocycles. The predicted molar refractivity (Wildman–Crippen MR) is 79.7 cm³/mol. The normalized spacial score (nSPS) is 11.5. The van der Waals surface area contributed by atoms with Crippen LogP contribution in [0.2, 0.25) is 0 Å². The first-order chi connectivity index (χ1) is 10.7. The van der Waals surface area contributed by atoms with Gasteiger partial charge in [-0.15, -0.1) is 0 Å². The maximum atomic E-state index is 12.1. The molecule has 1 unspecified atom stereocenters. The van der Waals surface area contributed by atoms with Crippen LogP contribution in [0.5, 0.6) is 5.75 Å². The van der Waals surface area contributed by atoms with E-state index in [0.717, 1.165) is 0 Å². The Bertz CT molecular complexity index is 651. The summed E-state index contributed by atoms with van der Waals surface area (Å²) in [7, 11) is 1.48. The summed E-state index contributed by atoms with van der Waals surface area (Å²) in [4.78, 5) is 24.1. The molecular formula is C17H16O5. The fourth-order valence-corrected chi connectivity index (χ4v) is 1.97. The van der Waals surface area contributed by atoms with Crippen molar-refractivity contribution >= 4 is 11.9 Å². The molecule has 0 amide bonds. The molecule has 5 nitrogen and oxygen atoms in total. The van der Waals surface area contributed by atoms with Crippen molar-refractivity contribution in [3.8, 4) is 5.75 Å². The first kappa shape index (κ1) is 15.7. The molecule has 0 radical (unpaired) electrons. The van der Waals surface area contributed by atoms with Crippen LogP contribution >= 0.6 is 0 Å². The minimum Gasteiger partial charge on any atom is -0.497 e. The molecule has 0 spiro atoms. The summed E-state index contributed by atoms with van der Waals surface area (Å²) in [5.74, 6) is -1.97. The third-order valence-electron chi connectivity index (χ3n) is 3.17. The number of benzene rings is 2. The molecule has 0 bridgehead atoms. The van der Waals surface area contributed by atoms with Gasteiger partial charge in [-0.1, -0.05) is 36.4 Å². The summed E-state index contributed by atoms with van der Waals surface area (Å²) in [6.07, 6.45) is 0. The Morgan fingerprint density at radius 1 is 1.09 bits per heavy atom. The predicted octanol–water partition coefficient (Wildman–Crippen LogP) is 2.15. The zero-order valence-corrected chi connectivity index (χ0v) is 12.1. The molecule has 2 aromatic rings. The third kappa shape index (κ3) is 3.71. The molecule has 0 heterocycles. The van der Waals surface area contributed by atoms with Crippen molar-refractivity contribution in [2.24, 2.45) is 0 Å². The fraction of sp³-hybridized carbons (Fsp3) is 0.176. The molecule has 2 aromatic carbocycles. The van der Waals surface area contributed by atoms with E-state index in [2.05, 4.69) is 0 Å². The lowest BCUT2D eigenvalue weighted by atomic mass is 10.0. The van der Waals surface area contributed by atoms with Gasteiger partial charge in [-0.2, -0.15) is 0 Å². The van der Waals surface area contributed by atoms with Gasteiger partial charge in [-0.3, -0.25) is 4.79 Å². The van der Waals surface area contributed by atoms with Crippen molar-refractivity contribution in [3.05, 3.63) is 65.7 Å². The number of aliphatic hydroxyl groups is 1. The number of methoxy groups -OCH3 is 1. The summed E-state index contributed by atoms with van der Waals surface area (Å²) >= 11 is 0. The second-order valence-corrected chi connectivity index (χ2v) is 4.59. The number of hydrogen-bond donors (Lipinski definition) is 1.